The van der Waals surface area contributed by atoms with Crippen LogP contribution >= 0.6 is 11.6 Å². The molecule has 1 atom stereocenters. The molecule has 0 saturated carbocycles. The molecule has 0 aliphatic heterocycles. The number of aliphatic hydroxyl groups excluding tert-OH is 1. The van der Waals surface area contributed by atoms with Gasteiger partial charge in [-0.05, 0) is 31.0 Å². The molecule has 1 heterocycles. The number of halogens is 1. The Bertz CT molecular complexity index is 539. The minimum atomic E-state index is -0.588. The van der Waals surface area contributed by atoms with Gasteiger partial charge in [-0.2, -0.15) is 5.10 Å². The zero-order valence-corrected chi connectivity index (χ0v) is 11.2. The van der Waals surface area contributed by atoms with Crippen LogP contribution in [0.4, 0.5) is 0 Å². The van der Waals surface area contributed by atoms with Gasteiger partial charge in [-0.15, -0.1) is 0 Å². The molecule has 18 heavy (non-hydrogen) atoms. The number of benzene rings is 1. The van der Waals surface area contributed by atoms with E-state index >= 15 is 0 Å². The van der Waals surface area contributed by atoms with E-state index in [2.05, 4.69) is 10.1 Å². The van der Waals surface area contributed by atoms with Gasteiger partial charge in [0.2, 0.25) is 0 Å². The molecule has 0 fully saturated rings. The van der Waals surface area contributed by atoms with E-state index in [0.29, 0.717) is 11.4 Å². The third-order valence-electron chi connectivity index (χ3n) is 2.94. The molecule has 0 spiro atoms. The maximum atomic E-state index is 10.2. The Labute approximate surface area is 111 Å². The number of nitrogens with zero attached hydrogens (tertiary/aromatic N) is 3. The van der Waals surface area contributed by atoms with E-state index in [1.54, 1.807) is 10.7 Å². The molecular formula is C13H16ClN3O. The van der Waals surface area contributed by atoms with Crippen molar-refractivity contribution >= 4 is 11.6 Å². The quantitative estimate of drug-likeness (QED) is 0.924. The van der Waals surface area contributed by atoms with Crippen molar-refractivity contribution in [2.75, 3.05) is 0 Å². The van der Waals surface area contributed by atoms with Crippen LogP contribution in [0, 0.1) is 6.92 Å². The van der Waals surface area contributed by atoms with Gasteiger partial charge < -0.3 is 5.11 Å². The van der Waals surface area contributed by atoms with Crippen LogP contribution in [0.2, 0.25) is 5.02 Å². The van der Waals surface area contributed by atoms with Gasteiger partial charge in [-0.25, -0.2) is 4.98 Å². The molecule has 0 aliphatic carbocycles. The summed E-state index contributed by atoms with van der Waals surface area (Å²) in [6.07, 6.45) is 1.38. The fourth-order valence-corrected chi connectivity index (χ4v) is 1.99. The first kappa shape index (κ1) is 13.1. The van der Waals surface area contributed by atoms with Crippen molar-refractivity contribution in [1.29, 1.82) is 0 Å². The Morgan fingerprint density at radius 3 is 2.89 bits per heavy atom. The van der Waals surface area contributed by atoms with Gasteiger partial charge >= 0.3 is 0 Å². The molecule has 0 saturated heterocycles. The molecule has 0 radical (unpaired) electrons. The standard InChI is InChI=1S/C13H16ClN3O/c1-3-17-13(15-8-16-17)7-12(18)10-4-5-11(14)9(2)6-10/h4-6,8,12,18H,3,7H2,1-2H3. The maximum absolute atomic E-state index is 10.2. The number of aromatic nitrogens is 3. The molecule has 1 aromatic heterocycles. The Hall–Kier alpha value is -1.39. The van der Waals surface area contributed by atoms with Crippen molar-refractivity contribution in [1.82, 2.24) is 14.8 Å². The van der Waals surface area contributed by atoms with Crippen LogP contribution in [0.3, 0.4) is 0 Å². The summed E-state index contributed by atoms with van der Waals surface area (Å²) in [7, 11) is 0. The summed E-state index contributed by atoms with van der Waals surface area (Å²) in [6, 6.07) is 5.55. The fourth-order valence-electron chi connectivity index (χ4n) is 1.88. The summed E-state index contributed by atoms with van der Waals surface area (Å²) in [5, 5.41) is 15.0. The van der Waals surface area contributed by atoms with Crippen LogP contribution in [-0.2, 0) is 13.0 Å². The highest BCUT2D eigenvalue weighted by atomic mass is 35.5. The first-order valence-electron chi connectivity index (χ1n) is 5.92. The van der Waals surface area contributed by atoms with Gasteiger partial charge in [0, 0.05) is 18.0 Å². The maximum Gasteiger partial charge on any atom is 0.138 e. The lowest BCUT2D eigenvalue weighted by molar-refractivity contribution is 0.174. The van der Waals surface area contributed by atoms with Crippen molar-refractivity contribution in [3.05, 3.63) is 46.5 Å². The van der Waals surface area contributed by atoms with Gasteiger partial charge in [0.15, 0.2) is 0 Å². The van der Waals surface area contributed by atoms with E-state index in [1.807, 2.05) is 26.0 Å². The lowest BCUT2D eigenvalue weighted by Crippen LogP contribution is -2.09. The molecule has 1 N–H and O–H groups in total. The minimum Gasteiger partial charge on any atom is -0.388 e. The smallest absolute Gasteiger partial charge is 0.138 e. The molecule has 5 heteroatoms. The van der Waals surface area contributed by atoms with E-state index in [4.69, 9.17) is 11.6 Å². The van der Waals surface area contributed by atoms with Crippen LogP contribution in [-0.4, -0.2) is 19.9 Å². The molecule has 2 rings (SSSR count). The number of rotatable bonds is 4. The van der Waals surface area contributed by atoms with Crippen LogP contribution < -0.4 is 0 Å². The van der Waals surface area contributed by atoms with E-state index in [9.17, 15) is 5.11 Å². The summed E-state index contributed by atoms with van der Waals surface area (Å²) in [5.74, 6) is 0.789. The molecule has 1 aromatic carbocycles. The number of hydrogen-bond acceptors (Lipinski definition) is 3. The Morgan fingerprint density at radius 1 is 1.44 bits per heavy atom. The van der Waals surface area contributed by atoms with Crippen molar-refractivity contribution in [2.24, 2.45) is 0 Å². The zero-order chi connectivity index (χ0) is 13.1. The molecule has 0 amide bonds. The summed E-state index contributed by atoms with van der Waals surface area (Å²) < 4.78 is 1.78. The average Bonchev–Trinajstić information content (AvgIpc) is 2.79. The highest BCUT2D eigenvalue weighted by molar-refractivity contribution is 6.31. The minimum absolute atomic E-state index is 0.453. The van der Waals surface area contributed by atoms with Gasteiger partial charge in [-0.3, -0.25) is 4.68 Å². The molecule has 2 aromatic rings. The second-order valence-corrected chi connectivity index (χ2v) is 4.63. The normalized spacial score (nSPS) is 12.7. The molecule has 96 valence electrons. The summed E-state index contributed by atoms with van der Waals surface area (Å²) in [6.45, 7) is 4.67. The highest BCUT2D eigenvalue weighted by Crippen LogP contribution is 2.22. The predicted octanol–water partition coefficient (Wildman–Crippen LogP) is 2.54. The van der Waals surface area contributed by atoms with Crippen molar-refractivity contribution in [3.8, 4) is 0 Å². The van der Waals surface area contributed by atoms with Crippen molar-refractivity contribution < 1.29 is 5.11 Å². The van der Waals surface area contributed by atoms with Gasteiger partial charge in [-0.1, -0.05) is 23.7 Å². The summed E-state index contributed by atoms with van der Waals surface area (Å²) in [5.41, 5.74) is 1.81. The third-order valence-corrected chi connectivity index (χ3v) is 3.36. The second kappa shape index (κ2) is 5.50. The number of aliphatic hydroxyl groups is 1. The lowest BCUT2D eigenvalue weighted by atomic mass is 10.0. The number of aryl methyl sites for hydroxylation is 2. The molecule has 0 bridgehead atoms. The summed E-state index contributed by atoms with van der Waals surface area (Å²) >= 11 is 5.97. The molecule has 1 unspecified atom stereocenters. The molecule has 4 nitrogen and oxygen atoms in total. The predicted molar refractivity (Wildman–Crippen MR) is 70.5 cm³/mol. The van der Waals surface area contributed by atoms with Crippen LogP contribution in [0.5, 0.6) is 0 Å². The van der Waals surface area contributed by atoms with E-state index in [0.717, 1.165) is 23.5 Å². The van der Waals surface area contributed by atoms with E-state index in [-0.39, 0.29) is 0 Å². The lowest BCUT2D eigenvalue weighted by Gasteiger charge is -2.12. The molecule has 0 aliphatic rings. The van der Waals surface area contributed by atoms with Crippen LogP contribution in [0.15, 0.2) is 24.5 Å². The van der Waals surface area contributed by atoms with Crippen LogP contribution in [0.25, 0.3) is 0 Å². The first-order valence-corrected chi connectivity index (χ1v) is 6.30. The monoisotopic (exact) mass is 265 g/mol. The summed E-state index contributed by atoms with van der Waals surface area (Å²) in [4.78, 5) is 4.16. The largest absolute Gasteiger partial charge is 0.388 e. The second-order valence-electron chi connectivity index (χ2n) is 4.22. The topological polar surface area (TPSA) is 50.9 Å². The number of hydrogen-bond donors (Lipinski definition) is 1. The highest BCUT2D eigenvalue weighted by Gasteiger charge is 2.13. The van der Waals surface area contributed by atoms with Gasteiger partial charge in [0.25, 0.3) is 0 Å². The van der Waals surface area contributed by atoms with Crippen molar-refractivity contribution in [2.45, 2.75) is 32.9 Å². The average molecular weight is 266 g/mol. The van der Waals surface area contributed by atoms with Gasteiger partial charge in [0.05, 0.1) is 6.10 Å². The Kier molecular flexibility index (Phi) is 3.99. The van der Waals surface area contributed by atoms with Crippen molar-refractivity contribution in [3.63, 3.8) is 0 Å². The SMILES string of the molecule is CCn1ncnc1CC(O)c1ccc(Cl)c(C)c1. The van der Waals surface area contributed by atoms with Gasteiger partial charge in [0.1, 0.15) is 12.2 Å². The third kappa shape index (κ3) is 2.71. The Morgan fingerprint density at radius 2 is 2.22 bits per heavy atom. The Balaban J connectivity index is 2.16. The fraction of sp³-hybridized carbons (Fsp3) is 0.385. The van der Waals surface area contributed by atoms with E-state index < -0.39 is 6.10 Å². The first-order chi connectivity index (χ1) is 8.61. The van der Waals surface area contributed by atoms with Crippen LogP contribution in [0.1, 0.15) is 30.0 Å². The van der Waals surface area contributed by atoms with E-state index in [1.165, 1.54) is 6.33 Å². The zero-order valence-electron chi connectivity index (χ0n) is 10.5. The molecular weight excluding hydrogens is 250 g/mol.